The molecule has 0 heterocycles. The van der Waals surface area contributed by atoms with Gasteiger partial charge in [0.25, 0.3) is 0 Å². The van der Waals surface area contributed by atoms with Gasteiger partial charge in [0.15, 0.2) is 0 Å². The van der Waals surface area contributed by atoms with Gasteiger partial charge in [-0.1, -0.05) is 39.0 Å². The molecule has 5 heteroatoms. The van der Waals surface area contributed by atoms with Crippen LogP contribution < -0.4 is 10.5 Å². The second kappa shape index (κ2) is 6.10. The monoisotopic (exact) mass is 288 g/mol. The third-order valence-corrected chi connectivity index (χ3v) is 7.19. The smallest absolute Gasteiger partial charge is 0.215 e. The number of sulfonamides is 1. The molecule has 0 saturated heterocycles. The predicted octanol–water partition coefficient (Wildman–Crippen LogP) is 2.15. The molecule has 0 aromatic rings. The van der Waals surface area contributed by atoms with Crippen molar-refractivity contribution in [2.45, 2.75) is 75.5 Å². The van der Waals surface area contributed by atoms with Gasteiger partial charge < -0.3 is 5.73 Å². The van der Waals surface area contributed by atoms with Crippen molar-refractivity contribution in [3.8, 4) is 0 Å². The molecule has 0 aliphatic heterocycles. The first-order valence-corrected chi connectivity index (χ1v) is 9.28. The maximum absolute atomic E-state index is 12.6. The highest BCUT2D eigenvalue weighted by Crippen LogP contribution is 2.35. The molecule has 112 valence electrons. The van der Waals surface area contributed by atoms with E-state index < -0.39 is 15.6 Å². The number of nitrogens with one attached hydrogen (secondary N) is 1. The minimum absolute atomic E-state index is 0.196. The molecule has 19 heavy (non-hydrogen) atoms. The van der Waals surface area contributed by atoms with Gasteiger partial charge in [0.1, 0.15) is 0 Å². The van der Waals surface area contributed by atoms with Gasteiger partial charge in [-0.2, -0.15) is 0 Å². The Morgan fingerprint density at radius 1 is 1.11 bits per heavy atom. The Morgan fingerprint density at radius 3 is 2.32 bits per heavy atom. The van der Waals surface area contributed by atoms with E-state index in [2.05, 4.69) is 11.6 Å². The van der Waals surface area contributed by atoms with Crippen LogP contribution in [-0.2, 0) is 10.0 Å². The number of rotatable bonds is 4. The van der Waals surface area contributed by atoms with Gasteiger partial charge in [-0.05, 0) is 31.6 Å². The molecule has 2 fully saturated rings. The second-order valence-corrected chi connectivity index (χ2v) is 8.37. The van der Waals surface area contributed by atoms with Crippen LogP contribution in [0, 0.1) is 5.92 Å². The summed E-state index contributed by atoms with van der Waals surface area (Å²) in [5.74, 6) is 0.338. The van der Waals surface area contributed by atoms with Gasteiger partial charge in [0, 0.05) is 12.1 Å². The van der Waals surface area contributed by atoms with Crippen LogP contribution in [-0.4, -0.2) is 25.8 Å². The Labute approximate surface area is 117 Å². The molecule has 0 radical (unpaired) electrons. The normalized spacial score (nSPS) is 34.3. The number of hydrogen-bond acceptors (Lipinski definition) is 3. The third-order valence-electron chi connectivity index (χ3n) is 5.15. The zero-order valence-corrected chi connectivity index (χ0v) is 12.8. The van der Waals surface area contributed by atoms with Crippen LogP contribution in [0.1, 0.15) is 64.7 Å². The molecule has 2 saturated carbocycles. The molecule has 2 aliphatic rings. The van der Waals surface area contributed by atoms with Crippen LogP contribution in [0.4, 0.5) is 0 Å². The van der Waals surface area contributed by atoms with E-state index in [-0.39, 0.29) is 5.25 Å². The van der Waals surface area contributed by atoms with E-state index in [0.29, 0.717) is 12.5 Å². The summed E-state index contributed by atoms with van der Waals surface area (Å²) in [7, 11) is -3.22. The van der Waals surface area contributed by atoms with Crippen LogP contribution in [0.5, 0.6) is 0 Å². The lowest BCUT2D eigenvalue weighted by Crippen LogP contribution is -2.60. The van der Waals surface area contributed by atoms with E-state index in [0.717, 1.165) is 44.9 Å². The van der Waals surface area contributed by atoms with Crippen molar-refractivity contribution in [2.24, 2.45) is 11.7 Å². The second-order valence-electron chi connectivity index (χ2n) is 6.41. The van der Waals surface area contributed by atoms with Gasteiger partial charge in [-0.25, -0.2) is 13.1 Å². The summed E-state index contributed by atoms with van der Waals surface area (Å²) in [4.78, 5) is 0. The minimum Gasteiger partial charge on any atom is -0.329 e. The van der Waals surface area contributed by atoms with E-state index in [4.69, 9.17) is 5.73 Å². The molecule has 0 aromatic heterocycles. The van der Waals surface area contributed by atoms with E-state index in [1.165, 1.54) is 12.8 Å². The molecule has 0 aromatic carbocycles. The van der Waals surface area contributed by atoms with Gasteiger partial charge >= 0.3 is 0 Å². The zero-order chi connectivity index (χ0) is 13.9. The molecule has 2 aliphatic carbocycles. The summed E-state index contributed by atoms with van der Waals surface area (Å²) in [5, 5.41) is -0.196. The highest BCUT2D eigenvalue weighted by atomic mass is 32.2. The van der Waals surface area contributed by atoms with E-state index >= 15 is 0 Å². The third kappa shape index (κ3) is 3.31. The Balaban J connectivity index is 2.12. The lowest BCUT2D eigenvalue weighted by molar-refractivity contribution is 0.190. The fourth-order valence-electron chi connectivity index (χ4n) is 3.65. The van der Waals surface area contributed by atoms with Gasteiger partial charge in [-0.15, -0.1) is 0 Å². The van der Waals surface area contributed by atoms with Crippen LogP contribution in [0.15, 0.2) is 0 Å². The molecule has 4 nitrogen and oxygen atoms in total. The fraction of sp³-hybridized carbons (Fsp3) is 1.00. The molecule has 2 rings (SSSR count). The van der Waals surface area contributed by atoms with Crippen LogP contribution in [0.2, 0.25) is 0 Å². The highest BCUT2D eigenvalue weighted by Gasteiger charge is 2.42. The van der Waals surface area contributed by atoms with E-state index in [9.17, 15) is 8.42 Å². The average Bonchev–Trinajstić information content (AvgIpc) is 2.42. The quantitative estimate of drug-likeness (QED) is 0.832. The molecule has 3 N–H and O–H groups in total. The summed E-state index contributed by atoms with van der Waals surface area (Å²) >= 11 is 0. The summed E-state index contributed by atoms with van der Waals surface area (Å²) < 4.78 is 28.2. The van der Waals surface area contributed by atoms with Crippen LogP contribution in [0.3, 0.4) is 0 Å². The summed E-state index contributed by atoms with van der Waals surface area (Å²) in [5.41, 5.74) is 5.54. The average molecular weight is 288 g/mol. The van der Waals surface area contributed by atoms with E-state index in [1.807, 2.05) is 0 Å². The Morgan fingerprint density at radius 2 is 1.74 bits per heavy atom. The fourth-order valence-corrected chi connectivity index (χ4v) is 5.73. The summed E-state index contributed by atoms with van der Waals surface area (Å²) in [6, 6.07) is 0. The zero-order valence-electron chi connectivity index (χ0n) is 12.0. The van der Waals surface area contributed by atoms with E-state index in [1.54, 1.807) is 0 Å². The van der Waals surface area contributed by atoms with Gasteiger partial charge in [0.05, 0.1) is 5.25 Å². The molecule has 2 atom stereocenters. The Hall–Kier alpha value is -0.130. The molecule has 0 spiro atoms. The minimum atomic E-state index is -3.22. The van der Waals surface area contributed by atoms with Crippen molar-refractivity contribution in [2.75, 3.05) is 6.54 Å². The lowest BCUT2D eigenvalue weighted by Gasteiger charge is -2.43. The number of hydrogen-bond donors (Lipinski definition) is 2. The van der Waals surface area contributed by atoms with Gasteiger partial charge in [-0.3, -0.25) is 0 Å². The first-order chi connectivity index (χ1) is 9.00. The van der Waals surface area contributed by atoms with Crippen molar-refractivity contribution in [1.82, 2.24) is 4.72 Å². The highest BCUT2D eigenvalue weighted by molar-refractivity contribution is 7.90. The van der Waals surface area contributed by atoms with Crippen molar-refractivity contribution >= 4 is 10.0 Å². The maximum atomic E-state index is 12.6. The largest absolute Gasteiger partial charge is 0.329 e. The summed E-state index contributed by atoms with van der Waals surface area (Å²) in [6.07, 6.45) is 9.09. The van der Waals surface area contributed by atoms with Crippen LogP contribution >= 0.6 is 0 Å². The van der Waals surface area contributed by atoms with Crippen molar-refractivity contribution in [3.05, 3.63) is 0 Å². The van der Waals surface area contributed by atoms with Crippen molar-refractivity contribution in [1.29, 1.82) is 0 Å². The standard InChI is InChI=1S/C14H28N2O2S/c1-12-7-5-6-10-14(12,11-15)16-19(17,18)13-8-3-2-4-9-13/h12-13,16H,2-11,15H2,1H3. The molecule has 0 amide bonds. The predicted molar refractivity (Wildman–Crippen MR) is 78.3 cm³/mol. The SMILES string of the molecule is CC1CCCCC1(CN)NS(=O)(=O)C1CCCCC1. The molecule has 2 unspecified atom stereocenters. The topological polar surface area (TPSA) is 72.2 Å². The number of nitrogens with two attached hydrogens (primary N) is 1. The van der Waals surface area contributed by atoms with Crippen molar-refractivity contribution < 1.29 is 8.42 Å². The van der Waals surface area contributed by atoms with Gasteiger partial charge in [0.2, 0.25) is 10.0 Å². The molecular formula is C14H28N2O2S. The first kappa shape index (κ1) is 15.3. The van der Waals surface area contributed by atoms with Crippen molar-refractivity contribution in [3.63, 3.8) is 0 Å². The Bertz CT molecular complexity index is 390. The lowest BCUT2D eigenvalue weighted by atomic mass is 9.74. The van der Waals surface area contributed by atoms with Crippen LogP contribution in [0.25, 0.3) is 0 Å². The maximum Gasteiger partial charge on any atom is 0.215 e. The molecule has 0 bridgehead atoms. The summed E-state index contributed by atoms with van der Waals surface area (Å²) in [6.45, 7) is 2.55. The molecular weight excluding hydrogens is 260 g/mol. The first-order valence-electron chi connectivity index (χ1n) is 7.73. The Kier molecular flexibility index (Phi) is 4.90.